The second kappa shape index (κ2) is 12.3. The summed E-state index contributed by atoms with van der Waals surface area (Å²) in [6.45, 7) is 9.51. The van der Waals surface area contributed by atoms with E-state index < -0.39 is 5.54 Å². The fraction of sp³-hybridized carbons (Fsp3) is 0.440. The first-order chi connectivity index (χ1) is 16.1. The van der Waals surface area contributed by atoms with Crippen molar-refractivity contribution in [1.29, 1.82) is 0 Å². The lowest BCUT2D eigenvalue weighted by Crippen LogP contribution is -2.43. The van der Waals surface area contributed by atoms with Crippen molar-refractivity contribution in [2.75, 3.05) is 31.8 Å². The SMILES string of the molecule is C=CN=C(Nc1cc(S)c(N)cc1OC)c1c(C)sc2c1CCCC2.CN(C=O)C(C)(C)CO. The number of likely N-dealkylation sites (N-methyl/N-ethyl adjacent to an activating group) is 1. The van der Waals surface area contributed by atoms with Gasteiger partial charge in [0.15, 0.2) is 0 Å². The lowest BCUT2D eigenvalue weighted by molar-refractivity contribution is -0.122. The van der Waals surface area contributed by atoms with E-state index in [2.05, 4.69) is 36.4 Å². The quantitative estimate of drug-likeness (QED) is 0.144. The van der Waals surface area contributed by atoms with Gasteiger partial charge in [-0.15, -0.1) is 24.0 Å². The number of hydrogen-bond acceptors (Lipinski definition) is 7. The molecule has 4 N–H and O–H groups in total. The molecule has 2 aromatic rings. The van der Waals surface area contributed by atoms with Gasteiger partial charge in [-0.2, -0.15) is 0 Å². The largest absolute Gasteiger partial charge is 0.494 e. The standard InChI is InChI=1S/C19H23N3OS2.C6H13NO2/c1-4-21-19(18-11(2)25-17-8-6-5-7-12(17)18)22-14-10-16(24)13(20)9-15(14)23-3;1-6(2,4-8)7(3)5-9/h4,9-10,24H,1,5-8,20H2,2-3H3,(H,21,22);5,8H,4H2,1-3H3. The summed E-state index contributed by atoms with van der Waals surface area (Å²) < 4.78 is 5.47. The van der Waals surface area contributed by atoms with Gasteiger partial charge in [0, 0.05) is 45.2 Å². The summed E-state index contributed by atoms with van der Waals surface area (Å²) in [4.78, 5) is 19.5. The van der Waals surface area contributed by atoms with E-state index in [-0.39, 0.29) is 6.61 Å². The van der Waals surface area contributed by atoms with E-state index in [0.29, 0.717) is 22.7 Å². The number of amidine groups is 1. The van der Waals surface area contributed by atoms with Crippen molar-refractivity contribution in [1.82, 2.24) is 4.90 Å². The van der Waals surface area contributed by atoms with Crippen LogP contribution in [0.5, 0.6) is 5.75 Å². The number of anilines is 2. The van der Waals surface area contributed by atoms with Gasteiger partial charge in [-0.25, -0.2) is 4.99 Å². The zero-order chi connectivity index (χ0) is 25.5. The molecule has 34 heavy (non-hydrogen) atoms. The van der Waals surface area contributed by atoms with Gasteiger partial charge < -0.3 is 25.8 Å². The lowest BCUT2D eigenvalue weighted by Gasteiger charge is -2.30. The van der Waals surface area contributed by atoms with Crippen molar-refractivity contribution in [2.45, 2.75) is 56.9 Å². The Morgan fingerprint density at radius 1 is 1.41 bits per heavy atom. The Kier molecular flexibility index (Phi) is 10.0. The summed E-state index contributed by atoms with van der Waals surface area (Å²) in [5.41, 5.74) is 9.49. The summed E-state index contributed by atoms with van der Waals surface area (Å²) in [5, 5.41) is 12.1. The van der Waals surface area contributed by atoms with Crippen LogP contribution >= 0.6 is 24.0 Å². The predicted molar refractivity (Wildman–Crippen MR) is 146 cm³/mol. The number of hydrogen-bond donors (Lipinski definition) is 4. The number of nitrogens with zero attached hydrogens (tertiary/aromatic N) is 2. The number of rotatable bonds is 7. The van der Waals surface area contributed by atoms with Crippen LogP contribution in [0, 0.1) is 6.92 Å². The third-order valence-electron chi connectivity index (χ3n) is 5.91. The summed E-state index contributed by atoms with van der Waals surface area (Å²) in [6.07, 6.45) is 7.03. The molecule has 1 heterocycles. The minimum Gasteiger partial charge on any atom is -0.494 e. The first kappa shape index (κ1) is 27.8. The number of carbonyl (C=O) groups is 1. The first-order valence-corrected chi connectivity index (χ1v) is 12.4. The molecule has 0 aliphatic heterocycles. The minimum atomic E-state index is -0.429. The smallest absolute Gasteiger partial charge is 0.209 e. The number of aliphatic imine (C=N–C) groups is 1. The molecule has 3 rings (SSSR count). The Morgan fingerprint density at radius 2 is 2.09 bits per heavy atom. The Bertz CT molecular complexity index is 1050. The molecular formula is C25H36N4O3S2. The van der Waals surface area contributed by atoms with Gasteiger partial charge in [-0.3, -0.25) is 4.79 Å². The number of nitrogen functional groups attached to an aromatic ring is 1. The number of carbonyl (C=O) groups excluding carboxylic acids is 1. The molecule has 0 radical (unpaired) electrons. The van der Waals surface area contributed by atoms with Crippen molar-refractivity contribution in [2.24, 2.45) is 4.99 Å². The number of nitrogens with two attached hydrogens (primary N) is 1. The fourth-order valence-electron chi connectivity index (χ4n) is 3.50. The van der Waals surface area contributed by atoms with Gasteiger partial charge in [0.2, 0.25) is 6.41 Å². The van der Waals surface area contributed by atoms with Gasteiger partial charge in [0.1, 0.15) is 11.6 Å². The van der Waals surface area contributed by atoms with Crippen molar-refractivity contribution < 1.29 is 14.6 Å². The van der Waals surface area contributed by atoms with Gasteiger partial charge in [-0.1, -0.05) is 6.58 Å². The number of amides is 1. The maximum absolute atomic E-state index is 10.1. The molecule has 1 aliphatic rings. The number of ether oxygens (including phenoxy) is 1. The zero-order valence-electron chi connectivity index (χ0n) is 20.6. The van der Waals surface area contributed by atoms with Crippen molar-refractivity contribution >= 4 is 47.6 Å². The maximum Gasteiger partial charge on any atom is 0.209 e. The van der Waals surface area contributed by atoms with E-state index in [4.69, 9.17) is 15.6 Å². The van der Waals surface area contributed by atoms with Crippen molar-refractivity contribution in [3.05, 3.63) is 45.8 Å². The number of aryl methyl sites for hydroxylation is 2. The molecule has 7 nitrogen and oxygen atoms in total. The molecule has 0 saturated carbocycles. The zero-order valence-corrected chi connectivity index (χ0v) is 22.4. The molecule has 9 heteroatoms. The highest BCUT2D eigenvalue weighted by Crippen LogP contribution is 2.36. The number of benzene rings is 1. The maximum atomic E-state index is 10.1. The number of fused-ring (bicyclic) bond motifs is 1. The molecule has 1 amide bonds. The normalized spacial score (nSPS) is 13.3. The Hall–Kier alpha value is -2.49. The summed E-state index contributed by atoms with van der Waals surface area (Å²) >= 11 is 6.30. The monoisotopic (exact) mass is 504 g/mol. The van der Waals surface area contributed by atoms with Crippen LogP contribution in [-0.4, -0.2) is 48.6 Å². The average molecular weight is 505 g/mol. The molecule has 1 aromatic carbocycles. The second-order valence-corrected chi connectivity index (χ2v) is 10.5. The van der Waals surface area contributed by atoms with Crippen molar-refractivity contribution in [3.63, 3.8) is 0 Å². The lowest BCUT2D eigenvalue weighted by atomic mass is 9.94. The average Bonchev–Trinajstić information content (AvgIpc) is 3.16. The molecule has 0 saturated heterocycles. The van der Waals surface area contributed by atoms with Gasteiger partial charge >= 0.3 is 0 Å². The number of aliphatic hydroxyl groups is 1. The van der Waals surface area contributed by atoms with E-state index in [1.54, 1.807) is 40.3 Å². The number of aliphatic hydroxyl groups excluding tert-OH is 1. The number of methoxy groups -OCH3 is 1. The molecule has 1 aromatic heterocycles. The Labute approximate surface area is 212 Å². The molecule has 0 fully saturated rings. The highest BCUT2D eigenvalue weighted by Gasteiger charge is 2.23. The molecule has 0 atom stereocenters. The van der Waals surface area contributed by atoms with Crippen LogP contribution in [0.2, 0.25) is 0 Å². The minimum absolute atomic E-state index is 0.0117. The third-order valence-corrected chi connectivity index (χ3v) is 7.50. The van der Waals surface area contributed by atoms with Crippen LogP contribution < -0.4 is 15.8 Å². The van der Waals surface area contributed by atoms with Crippen LogP contribution in [0.3, 0.4) is 0 Å². The van der Waals surface area contributed by atoms with Crippen LogP contribution in [0.25, 0.3) is 0 Å². The molecular weight excluding hydrogens is 468 g/mol. The Morgan fingerprint density at radius 3 is 2.65 bits per heavy atom. The number of thiophene rings is 1. The first-order valence-electron chi connectivity index (χ1n) is 11.1. The molecule has 0 spiro atoms. The van der Waals surface area contributed by atoms with Gasteiger partial charge in [-0.05, 0) is 58.1 Å². The number of nitrogens with one attached hydrogen (secondary N) is 1. The predicted octanol–water partition coefficient (Wildman–Crippen LogP) is 4.66. The molecule has 0 unspecified atom stereocenters. The molecule has 0 bridgehead atoms. The highest BCUT2D eigenvalue weighted by atomic mass is 32.1. The van der Waals surface area contributed by atoms with Crippen LogP contribution in [0.4, 0.5) is 11.4 Å². The fourth-order valence-corrected chi connectivity index (χ4v) is 4.95. The van der Waals surface area contributed by atoms with Crippen LogP contribution in [-0.2, 0) is 17.6 Å². The molecule has 1 aliphatic carbocycles. The van der Waals surface area contributed by atoms with E-state index in [1.165, 1.54) is 38.6 Å². The van der Waals surface area contributed by atoms with Gasteiger partial charge in [0.25, 0.3) is 0 Å². The van der Waals surface area contributed by atoms with Crippen LogP contribution in [0.15, 0.2) is 34.8 Å². The summed E-state index contributed by atoms with van der Waals surface area (Å²) in [6, 6.07) is 3.64. The summed E-state index contributed by atoms with van der Waals surface area (Å²) in [7, 11) is 3.27. The van der Waals surface area contributed by atoms with E-state index >= 15 is 0 Å². The molecule has 186 valence electrons. The highest BCUT2D eigenvalue weighted by molar-refractivity contribution is 7.80. The van der Waals surface area contributed by atoms with Crippen LogP contribution in [0.1, 0.15) is 47.6 Å². The number of thiol groups is 1. The van der Waals surface area contributed by atoms with Crippen molar-refractivity contribution in [3.8, 4) is 5.75 Å². The topological polar surface area (TPSA) is 100 Å². The summed E-state index contributed by atoms with van der Waals surface area (Å²) in [5.74, 6) is 1.46. The second-order valence-electron chi connectivity index (χ2n) is 8.73. The van der Waals surface area contributed by atoms with Gasteiger partial charge in [0.05, 0.1) is 24.9 Å². The van der Waals surface area contributed by atoms with E-state index in [1.807, 2.05) is 17.4 Å². The third kappa shape index (κ3) is 6.55. The van der Waals surface area contributed by atoms with E-state index in [0.717, 1.165) is 24.4 Å². The Balaban J connectivity index is 0.000000387. The van der Waals surface area contributed by atoms with E-state index in [9.17, 15) is 4.79 Å².